The number of aromatic nitrogens is 2. The van der Waals surface area contributed by atoms with Crippen molar-refractivity contribution in [3.8, 4) is 0 Å². The summed E-state index contributed by atoms with van der Waals surface area (Å²) < 4.78 is 13.0. The summed E-state index contributed by atoms with van der Waals surface area (Å²) >= 11 is 1.33. The van der Waals surface area contributed by atoms with E-state index in [1.807, 2.05) is 6.92 Å². The van der Waals surface area contributed by atoms with E-state index in [0.29, 0.717) is 28.8 Å². The third-order valence-corrected chi connectivity index (χ3v) is 6.22. The molecule has 1 aromatic carbocycles. The van der Waals surface area contributed by atoms with Gasteiger partial charge in [0.2, 0.25) is 0 Å². The molecule has 1 heterocycles. The van der Waals surface area contributed by atoms with Crippen LogP contribution >= 0.6 is 11.8 Å². The molecule has 3 rings (SSSR count). The summed E-state index contributed by atoms with van der Waals surface area (Å²) in [4.78, 5) is 20.0. The molecule has 1 atom stereocenters. The Labute approximate surface area is 163 Å². The van der Waals surface area contributed by atoms with Gasteiger partial charge in [-0.2, -0.15) is 0 Å². The van der Waals surface area contributed by atoms with Gasteiger partial charge in [-0.05, 0) is 36.5 Å². The molecule has 0 radical (unpaired) electrons. The van der Waals surface area contributed by atoms with Crippen molar-refractivity contribution in [2.45, 2.75) is 63.1 Å². The molecular weight excluding hydrogens is 363 g/mol. The number of nitrogens with one attached hydrogen (secondary N) is 1. The molecule has 0 saturated heterocycles. The molecule has 146 valence electrons. The fourth-order valence-corrected chi connectivity index (χ4v) is 4.57. The summed E-state index contributed by atoms with van der Waals surface area (Å²) in [6.45, 7) is 1.99. The van der Waals surface area contributed by atoms with E-state index in [1.165, 1.54) is 56.0 Å². The molecule has 0 spiro atoms. The summed E-state index contributed by atoms with van der Waals surface area (Å²) in [6.07, 6.45) is 7.05. The fraction of sp³-hybridized carbons (Fsp3) is 0.524. The predicted octanol–water partition coefficient (Wildman–Crippen LogP) is 4.42. The Balaban J connectivity index is 1.71. The lowest BCUT2D eigenvalue weighted by Gasteiger charge is -2.22. The molecule has 0 bridgehead atoms. The first-order valence-electron chi connectivity index (χ1n) is 9.75. The normalized spacial score (nSPS) is 16.4. The maximum Gasteiger partial charge on any atom is 0.254 e. The number of halogens is 1. The summed E-state index contributed by atoms with van der Waals surface area (Å²) in [7, 11) is 0. The monoisotopic (exact) mass is 390 g/mol. The Morgan fingerprint density at radius 2 is 1.96 bits per heavy atom. The Morgan fingerprint density at radius 3 is 2.63 bits per heavy atom. The average molecular weight is 391 g/mol. The van der Waals surface area contributed by atoms with Crippen LogP contribution in [0.25, 0.3) is 0 Å². The van der Waals surface area contributed by atoms with Crippen molar-refractivity contribution in [2.24, 2.45) is 5.92 Å². The number of aromatic amines is 1. The highest BCUT2D eigenvalue weighted by molar-refractivity contribution is 7.99. The second-order valence-corrected chi connectivity index (χ2v) is 8.25. The summed E-state index contributed by atoms with van der Waals surface area (Å²) in [5, 5.41) is 10.9. The van der Waals surface area contributed by atoms with Crippen LogP contribution in [0.5, 0.6) is 0 Å². The number of thioether (sulfide) groups is 1. The minimum absolute atomic E-state index is 0.0721. The fourth-order valence-electron chi connectivity index (χ4n) is 3.73. The van der Waals surface area contributed by atoms with Gasteiger partial charge >= 0.3 is 0 Å². The lowest BCUT2D eigenvalue weighted by molar-refractivity contribution is 0.204. The highest BCUT2D eigenvalue weighted by Crippen LogP contribution is 2.28. The van der Waals surface area contributed by atoms with E-state index < -0.39 is 6.10 Å². The van der Waals surface area contributed by atoms with E-state index in [0.717, 1.165) is 17.7 Å². The zero-order valence-electron chi connectivity index (χ0n) is 15.7. The molecule has 27 heavy (non-hydrogen) atoms. The molecule has 1 aliphatic rings. The highest BCUT2D eigenvalue weighted by Gasteiger charge is 2.19. The van der Waals surface area contributed by atoms with E-state index in [4.69, 9.17) is 4.98 Å². The number of benzene rings is 1. The van der Waals surface area contributed by atoms with Crippen molar-refractivity contribution in [2.75, 3.05) is 5.75 Å². The van der Waals surface area contributed by atoms with Crippen LogP contribution in [0.15, 0.2) is 34.2 Å². The van der Waals surface area contributed by atoms with Crippen molar-refractivity contribution < 1.29 is 9.50 Å². The van der Waals surface area contributed by atoms with Crippen LogP contribution in [0.3, 0.4) is 0 Å². The predicted molar refractivity (Wildman–Crippen MR) is 107 cm³/mol. The number of hydrogen-bond donors (Lipinski definition) is 2. The number of H-pyrrole nitrogens is 1. The number of nitrogens with zero attached hydrogens (tertiary/aromatic N) is 1. The third-order valence-electron chi connectivity index (χ3n) is 5.27. The first-order valence-corrected chi connectivity index (χ1v) is 10.7. The van der Waals surface area contributed by atoms with Crippen LogP contribution in [0, 0.1) is 11.7 Å². The number of aliphatic hydroxyl groups excluding tert-OH is 1. The van der Waals surface area contributed by atoms with Crippen LogP contribution in [0.4, 0.5) is 4.39 Å². The molecule has 0 aliphatic heterocycles. The lowest BCUT2D eigenvalue weighted by atomic mass is 9.85. The van der Waals surface area contributed by atoms with Crippen molar-refractivity contribution in [3.05, 3.63) is 57.3 Å². The van der Waals surface area contributed by atoms with Crippen LogP contribution in [-0.2, 0) is 12.8 Å². The largest absolute Gasteiger partial charge is 0.388 e. The Hall–Kier alpha value is -1.66. The van der Waals surface area contributed by atoms with Gasteiger partial charge in [0.05, 0.1) is 11.8 Å². The zero-order chi connectivity index (χ0) is 19.2. The van der Waals surface area contributed by atoms with Crippen LogP contribution in [-0.4, -0.2) is 20.8 Å². The van der Waals surface area contributed by atoms with Crippen molar-refractivity contribution in [1.82, 2.24) is 9.97 Å². The summed E-state index contributed by atoms with van der Waals surface area (Å²) in [5.41, 5.74) is 2.27. The Kier molecular flexibility index (Phi) is 7.07. The maximum absolute atomic E-state index is 13.0. The first-order chi connectivity index (χ1) is 13.1. The second kappa shape index (κ2) is 9.51. The van der Waals surface area contributed by atoms with Gasteiger partial charge in [-0.15, -0.1) is 0 Å². The molecule has 2 aromatic rings. The van der Waals surface area contributed by atoms with Gasteiger partial charge in [0, 0.05) is 11.3 Å². The molecule has 6 heteroatoms. The molecule has 1 aliphatic carbocycles. The van der Waals surface area contributed by atoms with E-state index in [1.54, 1.807) is 12.1 Å². The summed E-state index contributed by atoms with van der Waals surface area (Å²) in [6, 6.07) is 5.82. The minimum Gasteiger partial charge on any atom is -0.388 e. The average Bonchev–Trinajstić information content (AvgIpc) is 2.67. The van der Waals surface area contributed by atoms with Gasteiger partial charge in [0.25, 0.3) is 5.56 Å². The SMILES string of the molecule is CCc1c(CC2CCCCC2)nc(SCC(O)c2ccc(F)cc2)[nH]c1=O. The van der Waals surface area contributed by atoms with Crippen LogP contribution in [0.2, 0.25) is 0 Å². The van der Waals surface area contributed by atoms with Crippen LogP contribution in [0.1, 0.15) is 62.0 Å². The first kappa shape index (κ1) is 20.1. The Bertz CT molecular complexity index is 801. The smallest absolute Gasteiger partial charge is 0.254 e. The third kappa shape index (κ3) is 5.42. The van der Waals surface area contributed by atoms with Crippen molar-refractivity contribution >= 4 is 11.8 Å². The molecule has 2 N–H and O–H groups in total. The molecule has 1 unspecified atom stereocenters. The van der Waals surface area contributed by atoms with E-state index in [-0.39, 0.29) is 11.4 Å². The standard InChI is InChI=1S/C21H27FN2O2S/c1-2-17-18(12-14-6-4-3-5-7-14)23-21(24-20(17)26)27-13-19(25)15-8-10-16(22)11-9-15/h8-11,14,19,25H,2-7,12-13H2,1H3,(H,23,24,26). The van der Waals surface area contributed by atoms with Gasteiger partial charge in [0.15, 0.2) is 5.16 Å². The zero-order valence-corrected chi connectivity index (χ0v) is 16.5. The van der Waals surface area contributed by atoms with Crippen LogP contribution < -0.4 is 5.56 Å². The maximum atomic E-state index is 13.0. The second-order valence-electron chi connectivity index (χ2n) is 7.24. The molecule has 0 amide bonds. The van der Waals surface area contributed by atoms with Gasteiger partial charge < -0.3 is 10.1 Å². The van der Waals surface area contributed by atoms with E-state index >= 15 is 0 Å². The van der Waals surface area contributed by atoms with Gasteiger partial charge in [-0.3, -0.25) is 4.79 Å². The molecule has 4 nitrogen and oxygen atoms in total. The van der Waals surface area contributed by atoms with Gasteiger partial charge in [0.1, 0.15) is 5.82 Å². The molecule has 1 fully saturated rings. The Morgan fingerprint density at radius 1 is 1.26 bits per heavy atom. The van der Waals surface area contributed by atoms with Crippen molar-refractivity contribution in [1.29, 1.82) is 0 Å². The van der Waals surface area contributed by atoms with Crippen molar-refractivity contribution in [3.63, 3.8) is 0 Å². The van der Waals surface area contributed by atoms with Gasteiger partial charge in [-0.25, -0.2) is 9.37 Å². The highest BCUT2D eigenvalue weighted by atomic mass is 32.2. The number of aliphatic hydroxyl groups is 1. The quantitative estimate of drug-likeness (QED) is 0.542. The molecule has 1 saturated carbocycles. The number of hydrogen-bond acceptors (Lipinski definition) is 4. The summed E-state index contributed by atoms with van der Waals surface area (Å²) in [5.74, 6) is 0.635. The van der Waals surface area contributed by atoms with E-state index in [2.05, 4.69) is 4.98 Å². The van der Waals surface area contributed by atoms with Gasteiger partial charge in [-0.1, -0.05) is 62.9 Å². The topological polar surface area (TPSA) is 66.0 Å². The lowest BCUT2D eigenvalue weighted by Crippen LogP contribution is -2.21. The molecule has 1 aromatic heterocycles. The molecular formula is C21H27FN2O2S. The minimum atomic E-state index is -0.742. The van der Waals surface area contributed by atoms with E-state index in [9.17, 15) is 14.3 Å². The number of rotatable bonds is 7.